The number of nitrogens with one attached hydrogen (secondary N) is 1. The maximum absolute atomic E-state index is 12.4. The van der Waals surface area contributed by atoms with Crippen LogP contribution >= 0.6 is 0 Å². The average molecular weight is 431 g/mol. The monoisotopic (exact) mass is 431 g/mol. The van der Waals surface area contributed by atoms with Crippen LogP contribution in [0.5, 0.6) is 23.0 Å². The third kappa shape index (κ3) is 7.40. The van der Waals surface area contributed by atoms with Gasteiger partial charge in [0.2, 0.25) is 0 Å². The fourth-order valence-electron chi connectivity index (χ4n) is 2.70. The molecule has 0 aliphatic carbocycles. The number of benzene rings is 2. The summed E-state index contributed by atoms with van der Waals surface area (Å²) in [6, 6.07) is 12.4. The first-order valence-corrected chi connectivity index (χ1v) is 10.1. The van der Waals surface area contributed by atoms with E-state index in [4.69, 9.17) is 23.7 Å². The van der Waals surface area contributed by atoms with Crippen molar-refractivity contribution in [2.24, 2.45) is 0 Å². The van der Waals surface area contributed by atoms with Gasteiger partial charge < -0.3 is 29.0 Å². The first-order chi connectivity index (χ1) is 15.0. The van der Waals surface area contributed by atoms with Crippen molar-refractivity contribution in [1.82, 2.24) is 0 Å². The average Bonchev–Trinajstić information content (AvgIpc) is 2.77. The molecule has 1 unspecified atom stereocenters. The molecule has 2 aromatic rings. The predicted octanol–water partition coefficient (Wildman–Crippen LogP) is 3.83. The molecule has 1 amide bonds. The molecule has 8 nitrogen and oxygen atoms in total. The van der Waals surface area contributed by atoms with Crippen molar-refractivity contribution < 1.29 is 33.3 Å². The van der Waals surface area contributed by atoms with Gasteiger partial charge >= 0.3 is 5.97 Å². The van der Waals surface area contributed by atoms with Crippen LogP contribution in [0.25, 0.3) is 0 Å². The summed E-state index contributed by atoms with van der Waals surface area (Å²) in [5.41, 5.74) is 0.427. The number of hydrogen-bond donors (Lipinski definition) is 1. The third-order valence-corrected chi connectivity index (χ3v) is 4.27. The molecular weight excluding hydrogens is 402 g/mol. The summed E-state index contributed by atoms with van der Waals surface area (Å²) in [5, 5.41) is 2.69. The van der Waals surface area contributed by atoms with Crippen LogP contribution < -0.4 is 24.3 Å². The van der Waals surface area contributed by atoms with Gasteiger partial charge in [0.15, 0.2) is 17.6 Å². The van der Waals surface area contributed by atoms with Crippen molar-refractivity contribution in [2.75, 3.05) is 32.8 Å². The molecule has 1 N–H and O–H groups in total. The molecule has 0 aromatic heterocycles. The number of carbonyl (C=O) groups excluding carboxylic acids is 2. The number of amides is 1. The number of anilines is 1. The summed E-state index contributed by atoms with van der Waals surface area (Å²) in [6.45, 7) is 4.26. The van der Waals surface area contributed by atoms with E-state index in [-0.39, 0.29) is 6.42 Å². The van der Waals surface area contributed by atoms with Crippen molar-refractivity contribution in [1.29, 1.82) is 0 Å². The lowest BCUT2D eigenvalue weighted by Gasteiger charge is -2.16. The Bertz CT molecular complexity index is 869. The molecular formula is C23H29NO7. The molecule has 2 aromatic carbocycles. The second-order valence-electron chi connectivity index (χ2n) is 6.52. The minimum atomic E-state index is -0.969. The van der Waals surface area contributed by atoms with Gasteiger partial charge in [0.05, 0.1) is 33.1 Å². The molecule has 0 spiro atoms. The first-order valence-electron chi connectivity index (χ1n) is 10.1. The minimum Gasteiger partial charge on any atom is -0.497 e. The minimum absolute atomic E-state index is 0.122. The smallest absolute Gasteiger partial charge is 0.306 e. The summed E-state index contributed by atoms with van der Waals surface area (Å²) >= 11 is 0. The van der Waals surface area contributed by atoms with Crippen LogP contribution in [0.1, 0.15) is 26.7 Å². The van der Waals surface area contributed by atoms with Gasteiger partial charge in [-0.25, -0.2) is 0 Å². The molecule has 2 rings (SSSR count). The van der Waals surface area contributed by atoms with E-state index in [9.17, 15) is 9.59 Å². The van der Waals surface area contributed by atoms with Gasteiger partial charge in [0.1, 0.15) is 11.5 Å². The van der Waals surface area contributed by atoms with Gasteiger partial charge in [-0.15, -0.1) is 0 Å². The van der Waals surface area contributed by atoms with Gasteiger partial charge in [-0.3, -0.25) is 9.59 Å². The Morgan fingerprint density at radius 2 is 1.68 bits per heavy atom. The normalized spacial score (nSPS) is 11.2. The van der Waals surface area contributed by atoms with Gasteiger partial charge in [-0.2, -0.15) is 0 Å². The highest BCUT2D eigenvalue weighted by molar-refractivity contribution is 5.96. The molecule has 0 bridgehead atoms. The lowest BCUT2D eigenvalue weighted by Crippen LogP contribution is -2.30. The zero-order valence-electron chi connectivity index (χ0n) is 18.3. The molecule has 0 radical (unpaired) electrons. The Labute approximate surface area is 182 Å². The summed E-state index contributed by atoms with van der Waals surface area (Å²) in [5.74, 6) is 1.36. The number of carbonyl (C=O) groups is 2. The van der Waals surface area contributed by atoms with Crippen LogP contribution in [0.15, 0.2) is 42.5 Å². The highest BCUT2D eigenvalue weighted by Crippen LogP contribution is 2.29. The fourth-order valence-corrected chi connectivity index (χ4v) is 2.70. The van der Waals surface area contributed by atoms with E-state index in [0.29, 0.717) is 48.3 Å². The summed E-state index contributed by atoms with van der Waals surface area (Å²) in [6.07, 6.45) is -0.406. The number of ether oxygens (including phenoxy) is 5. The van der Waals surface area contributed by atoms with E-state index < -0.39 is 18.0 Å². The highest BCUT2D eigenvalue weighted by atomic mass is 16.5. The van der Waals surface area contributed by atoms with Gasteiger partial charge in [-0.05, 0) is 44.5 Å². The number of rotatable bonds is 12. The van der Waals surface area contributed by atoms with Crippen LogP contribution in [-0.2, 0) is 14.3 Å². The maximum Gasteiger partial charge on any atom is 0.306 e. The zero-order chi connectivity index (χ0) is 22.6. The molecule has 0 saturated heterocycles. The van der Waals surface area contributed by atoms with Crippen molar-refractivity contribution in [3.8, 4) is 23.0 Å². The van der Waals surface area contributed by atoms with Crippen molar-refractivity contribution in [3.63, 3.8) is 0 Å². The predicted molar refractivity (Wildman–Crippen MR) is 116 cm³/mol. The summed E-state index contributed by atoms with van der Waals surface area (Å²) in [7, 11) is 3.02. The van der Waals surface area contributed by atoms with Crippen molar-refractivity contribution in [2.45, 2.75) is 32.8 Å². The van der Waals surface area contributed by atoms with Crippen LogP contribution in [0, 0.1) is 0 Å². The van der Waals surface area contributed by atoms with E-state index in [1.165, 1.54) is 21.1 Å². The number of esters is 1. The Morgan fingerprint density at radius 3 is 2.32 bits per heavy atom. The maximum atomic E-state index is 12.4. The standard InChI is InChI=1S/C23H29NO7/c1-5-29-20-9-6-7-10-21(20)30-14-8-11-22(25)31-16(2)23(26)24-18-15-17(27-3)12-13-19(18)28-4/h6-7,9-10,12-13,15-16H,5,8,11,14H2,1-4H3,(H,24,26). The van der Waals surface area contributed by atoms with Crippen LogP contribution in [0.3, 0.4) is 0 Å². The van der Waals surface area contributed by atoms with Crippen LogP contribution in [0.2, 0.25) is 0 Å². The molecule has 0 heterocycles. The van der Waals surface area contributed by atoms with E-state index in [0.717, 1.165) is 0 Å². The van der Waals surface area contributed by atoms with Gasteiger partial charge in [-0.1, -0.05) is 12.1 Å². The summed E-state index contributed by atoms with van der Waals surface area (Å²) < 4.78 is 26.8. The van der Waals surface area contributed by atoms with Crippen molar-refractivity contribution in [3.05, 3.63) is 42.5 Å². The lowest BCUT2D eigenvalue weighted by atomic mass is 10.2. The molecule has 168 valence electrons. The lowest BCUT2D eigenvalue weighted by molar-refractivity contribution is -0.153. The molecule has 0 aliphatic rings. The molecule has 0 saturated carbocycles. The molecule has 8 heteroatoms. The molecule has 1 atom stereocenters. The fraction of sp³-hybridized carbons (Fsp3) is 0.391. The summed E-state index contributed by atoms with van der Waals surface area (Å²) in [4.78, 5) is 24.5. The molecule has 31 heavy (non-hydrogen) atoms. The van der Waals surface area contributed by atoms with E-state index in [2.05, 4.69) is 5.32 Å². The zero-order valence-corrected chi connectivity index (χ0v) is 18.3. The third-order valence-electron chi connectivity index (χ3n) is 4.27. The second kappa shape index (κ2) is 12.3. The number of para-hydroxylation sites is 2. The number of methoxy groups -OCH3 is 2. The van der Waals surface area contributed by atoms with Crippen LogP contribution in [-0.4, -0.2) is 45.4 Å². The quantitative estimate of drug-likeness (QED) is 0.403. The Hall–Kier alpha value is -3.42. The number of hydrogen-bond acceptors (Lipinski definition) is 7. The molecule has 0 aliphatic heterocycles. The molecule has 0 fully saturated rings. The highest BCUT2D eigenvalue weighted by Gasteiger charge is 2.19. The Balaban J connectivity index is 1.79. The second-order valence-corrected chi connectivity index (χ2v) is 6.52. The van der Waals surface area contributed by atoms with Crippen molar-refractivity contribution >= 4 is 17.6 Å². The van der Waals surface area contributed by atoms with E-state index in [1.54, 1.807) is 18.2 Å². The Morgan fingerprint density at radius 1 is 0.968 bits per heavy atom. The van der Waals surface area contributed by atoms with Crippen LogP contribution in [0.4, 0.5) is 5.69 Å². The first kappa shape index (κ1) is 23.9. The van der Waals surface area contributed by atoms with Gasteiger partial charge in [0, 0.05) is 12.5 Å². The topological polar surface area (TPSA) is 92.3 Å². The van der Waals surface area contributed by atoms with E-state index in [1.807, 2.05) is 31.2 Å². The largest absolute Gasteiger partial charge is 0.497 e. The SMILES string of the molecule is CCOc1ccccc1OCCCC(=O)OC(C)C(=O)Nc1cc(OC)ccc1OC. The van der Waals surface area contributed by atoms with E-state index >= 15 is 0 Å². The van der Waals surface area contributed by atoms with Gasteiger partial charge in [0.25, 0.3) is 5.91 Å². The Kier molecular flexibility index (Phi) is 9.48.